The Bertz CT molecular complexity index is 887. The van der Waals surface area contributed by atoms with Crippen LogP contribution in [0.4, 0.5) is 0 Å². The molecule has 5 heteroatoms. The van der Waals surface area contributed by atoms with Gasteiger partial charge in [0.25, 0.3) is 0 Å². The Morgan fingerprint density at radius 1 is 1.18 bits per heavy atom. The molecule has 1 aliphatic rings. The SMILES string of the molecule is O=c1oc(C=Cc2ccco2)nc2sc3c(c12)CCCCC3. The second-order valence-electron chi connectivity index (χ2n) is 5.43. The molecule has 3 heterocycles. The molecule has 0 N–H and O–H groups in total. The average Bonchev–Trinajstić information content (AvgIpc) is 3.08. The lowest BCUT2D eigenvalue weighted by Crippen LogP contribution is -2.03. The molecular weight excluding hydrogens is 298 g/mol. The predicted octanol–water partition coefficient (Wildman–Crippen LogP) is 4.28. The van der Waals surface area contributed by atoms with Gasteiger partial charge in [-0.25, -0.2) is 9.78 Å². The zero-order chi connectivity index (χ0) is 14.9. The van der Waals surface area contributed by atoms with E-state index in [1.807, 2.05) is 12.1 Å². The highest BCUT2D eigenvalue weighted by Crippen LogP contribution is 2.33. The maximum absolute atomic E-state index is 12.3. The van der Waals surface area contributed by atoms with Gasteiger partial charge in [-0.05, 0) is 49.5 Å². The van der Waals surface area contributed by atoms with Crippen LogP contribution in [0.3, 0.4) is 0 Å². The number of furan rings is 1. The highest BCUT2D eigenvalue weighted by Gasteiger charge is 2.19. The number of hydrogen-bond acceptors (Lipinski definition) is 5. The van der Waals surface area contributed by atoms with Crippen molar-refractivity contribution in [3.05, 3.63) is 50.9 Å². The van der Waals surface area contributed by atoms with E-state index in [2.05, 4.69) is 4.98 Å². The van der Waals surface area contributed by atoms with Gasteiger partial charge in [-0.2, -0.15) is 0 Å². The summed E-state index contributed by atoms with van der Waals surface area (Å²) in [5, 5.41) is 0.692. The normalized spacial score (nSPS) is 15.3. The zero-order valence-corrected chi connectivity index (χ0v) is 12.8. The van der Waals surface area contributed by atoms with Crippen LogP contribution >= 0.6 is 11.3 Å². The quantitative estimate of drug-likeness (QED) is 0.663. The molecule has 0 fully saturated rings. The molecule has 3 aromatic rings. The van der Waals surface area contributed by atoms with Crippen molar-refractivity contribution in [1.82, 2.24) is 4.98 Å². The lowest BCUT2D eigenvalue weighted by Gasteiger charge is -1.97. The van der Waals surface area contributed by atoms with E-state index < -0.39 is 0 Å². The first-order valence-corrected chi connectivity index (χ1v) is 8.30. The minimum Gasteiger partial charge on any atom is -0.465 e. The molecule has 3 aromatic heterocycles. The van der Waals surface area contributed by atoms with Crippen LogP contribution in [0.25, 0.3) is 22.4 Å². The summed E-state index contributed by atoms with van der Waals surface area (Å²) in [5.74, 6) is 1.02. The first kappa shape index (κ1) is 13.5. The van der Waals surface area contributed by atoms with Crippen LogP contribution in [-0.2, 0) is 12.8 Å². The molecule has 0 spiro atoms. The van der Waals surface area contributed by atoms with Gasteiger partial charge in [0.05, 0.1) is 6.26 Å². The summed E-state index contributed by atoms with van der Waals surface area (Å²) < 4.78 is 10.6. The number of thiophene rings is 1. The molecular formula is C17H15NO3S. The van der Waals surface area contributed by atoms with E-state index in [1.165, 1.54) is 23.3 Å². The zero-order valence-electron chi connectivity index (χ0n) is 12.0. The minimum atomic E-state index is -0.275. The fourth-order valence-electron chi connectivity index (χ4n) is 2.90. The first-order valence-electron chi connectivity index (χ1n) is 7.48. The van der Waals surface area contributed by atoms with Crippen LogP contribution in [0.2, 0.25) is 0 Å². The third-order valence-electron chi connectivity index (χ3n) is 3.95. The number of fused-ring (bicyclic) bond motifs is 3. The van der Waals surface area contributed by atoms with Gasteiger partial charge in [-0.3, -0.25) is 0 Å². The highest BCUT2D eigenvalue weighted by molar-refractivity contribution is 7.18. The summed E-state index contributed by atoms with van der Waals surface area (Å²) in [4.78, 5) is 18.9. The van der Waals surface area contributed by atoms with Crippen molar-refractivity contribution < 1.29 is 8.83 Å². The lowest BCUT2D eigenvalue weighted by molar-refractivity contribution is 0.490. The number of aryl methyl sites for hydroxylation is 2. The molecule has 0 bridgehead atoms. The third-order valence-corrected chi connectivity index (χ3v) is 5.13. The fraction of sp³-hybridized carbons (Fsp3) is 0.294. The van der Waals surface area contributed by atoms with E-state index >= 15 is 0 Å². The van der Waals surface area contributed by atoms with E-state index in [9.17, 15) is 4.79 Å². The van der Waals surface area contributed by atoms with Gasteiger partial charge in [0, 0.05) is 11.0 Å². The summed E-state index contributed by atoms with van der Waals surface area (Å²) >= 11 is 1.64. The topological polar surface area (TPSA) is 56.2 Å². The van der Waals surface area contributed by atoms with E-state index in [0.29, 0.717) is 17.0 Å². The van der Waals surface area contributed by atoms with Gasteiger partial charge >= 0.3 is 5.63 Å². The molecule has 0 amide bonds. The predicted molar refractivity (Wildman–Crippen MR) is 87.1 cm³/mol. The van der Waals surface area contributed by atoms with E-state index in [1.54, 1.807) is 29.8 Å². The maximum Gasteiger partial charge on any atom is 0.348 e. The van der Waals surface area contributed by atoms with Crippen molar-refractivity contribution in [1.29, 1.82) is 0 Å². The van der Waals surface area contributed by atoms with Gasteiger partial charge in [-0.1, -0.05) is 6.42 Å². The average molecular weight is 313 g/mol. The summed E-state index contributed by atoms with van der Waals surface area (Å²) in [6.07, 6.45) is 10.6. The monoisotopic (exact) mass is 313 g/mol. The molecule has 0 aliphatic heterocycles. The summed E-state index contributed by atoms with van der Waals surface area (Å²) in [6.45, 7) is 0. The Balaban J connectivity index is 1.79. The number of rotatable bonds is 2. The number of aromatic nitrogens is 1. The molecule has 0 unspecified atom stereocenters. The molecule has 0 radical (unpaired) electrons. The van der Waals surface area contributed by atoms with Crippen LogP contribution in [-0.4, -0.2) is 4.98 Å². The first-order chi connectivity index (χ1) is 10.8. The molecule has 0 atom stereocenters. The number of nitrogens with zero attached hydrogens (tertiary/aromatic N) is 1. The molecule has 22 heavy (non-hydrogen) atoms. The molecule has 0 saturated carbocycles. The standard InChI is InChI=1S/C17H15NO3S/c19-17-15-12-6-2-1-3-7-13(12)22-16(15)18-14(21-17)9-8-11-5-4-10-20-11/h4-5,8-10H,1-3,6-7H2. The third kappa shape index (κ3) is 2.41. The maximum atomic E-state index is 12.3. The molecule has 0 saturated heterocycles. The van der Waals surface area contributed by atoms with Crippen LogP contribution < -0.4 is 5.63 Å². The van der Waals surface area contributed by atoms with Crippen LogP contribution in [0.1, 0.15) is 41.4 Å². The van der Waals surface area contributed by atoms with E-state index in [4.69, 9.17) is 8.83 Å². The van der Waals surface area contributed by atoms with Crippen molar-refractivity contribution in [2.45, 2.75) is 32.1 Å². The molecule has 4 rings (SSSR count). The van der Waals surface area contributed by atoms with Crippen molar-refractivity contribution in [2.24, 2.45) is 0 Å². The molecule has 1 aliphatic carbocycles. The van der Waals surface area contributed by atoms with Gasteiger partial charge in [0.1, 0.15) is 16.0 Å². The van der Waals surface area contributed by atoms with Crippen molar-refractivity contribution in [3.8, 4) is 0 Å². The lowest BCUT2D eigenvalue weighted by atomic mass is 10.1. The Labute approximate surface area is 131 Å². The van der Waals surface area contributed by atoms with Crippen molar-refractivity contribution in [2.75, 3.05) is 0 Å². The summed E-state index contributed by atoms with van der Waals surface area (Å²) in [5.41, 5.74) is 0.892. The van der Waals surface area contributed by atoms with Crippen LogP contribution in [0, 0.1) is 0 Å². The van der Waals surface area contributed by atoms with E-state index in [-0.39, 0.29) is 5.63 Å². The highest BCUT2D eigenvalue weighted by atomic mass is 32.1. The Hall–Kier alpha value is -2.14. The Kier molecular flexibility index (Phi) is 3.42. The van der Waals surface area contributed by atoms with Crippen LogP contribution in [0.5, 0.6) is 0 Å². The van der Waals surface area contributed by atoms with Gasteiger partial charge in [0.2, 0.25) is 5.89 Å². The van der Waals surface area contributed by atoms with Crippen molar-refractivity contribution in [3.63, 3.8) is 0 Å². The smallest absolute Gasteiger partial charge is 0.348 e. The molecule has 112 valence electrons. The summed E-state index contributed by atoms with van der Waals surface area (Å²) in [7, 11) is 0. The largest absolute Gasteiger partial charge is 0.465 e. The van der Waals surface area contributed by atoms with Crippen LogP contribution in [0.15, 0.2) is 32.0 Å². The fourth-order valence-corrected chi connectivity index (χ4v) is 4.15. The van der Waals surface area contributed by atoms with Crippen molar-refractivity contribution >= 4 is 33.7 Å². The number of hydrogen-bond donors (Lipinski definition) is 0. The summed E-state index contributed by atoms with van der Waals surface area (Å²) in [6, 6.07) is 3.64. The minimum absolute atomic E-state index is 0.275. The van der Waals surface area contributed by atoms with E-state index in [0.717, 1.165) is 24.1 Å². The Morgan fingerprint density at radius 2 is 2.09 bits per heavy atom. The van der Waals surface area contributed by atoms with Gasteiger partial charge in [-0.15, -0.1) is 11.3 Å². The second kappa shape index (κ2) is 5.57. The molecule has 0 aromatic carbocycles. The second-order valence-corrected chi connectivity index (χ2v) is 6.52. The molecule has 4 nitrogen and oxygen atoms in total. The van der Waals surface area contributed by atoms with Gasteiger partial charge in [0.15, 0.2) is 0 Å². The van der Waals surface area contributed by atoms with Gasteiger partial charge < -0.3 is 8.83 Å². The Morgan fingerprint density at radius 3 is 2.95 bits per heavy atom.